The Balaban J connectivity index is 3.72. The lowest BCUT2D eigenvalue weighted by atomic mass is 10.1. The maximum Gasteiger partial charge on any atom is 0.307 e. The van der Waals surface area contributed by atoms with E-state index < -0.39 is 5.97 Å². The van der Waals surface area contributed by atoms with Crippen molar-refractivity contribution in [2.24, 2.45) is 5.92 Å². The average Bonchev–Trinajstić information content (AvgIpc) is 1.98. The molecule has 0 aromatic heterocycles. The van der Waals surface area contributed by atoms with Crippen LogP contribution in [0.4, 0.5) is 0 Å². The van der Waals surface area contributed by atoms with Gasteiger partial charge in [0.2, 0.25) is 0 Å². The third-order valence-electron chi connectivity index (χ3n) is 1.66. The molecule has 2 N–H and O–H groups in total. The quantitative estimate of drug-likeness (QED) is 0.613. The molecule has 0 saturated carbocycles. The van der Waals surface area contributed by atoms with Gasteiger partial charge in [0.15, 0.2) is 0 Å². The molecule has 2 unspecified atom stereocenters. The third-order valence-corrected chi connectivity index (χ3v) is 2.07. The van der Waals surface area contributed by atoms with Gasteiger partial charge in [-0.2, -0.15) is 0 Å². The van der Waals surface area contributed by atoms with Crippen LogP contribution in [0.15, 0.2) is 0 Å². The second kappa shape index (κ2) is 5.28. The Morgan fingerprint density at radius 1 is 1.73 bits per heavy atom. The molecule has 0 bridgehead atoms. The van der Waals surface area contributed by atoms with Gasteiger partial charge >= 0.3 is 5.97 Å². The van der Waals surface area contributed by atoms with Crippen LogP contribution in [0.1, 0.15) is 13.8 Å². The van der Waals surface area contributed by atoms with Crippen LogP contribution in [0.3, 0.4) is 0 Å². The second-order valence-electron chi connectivity index (χ2n) is 2.50. The number of carboxylic acids is 1. The zero-order valence-electron chi connectivity index (χ0n) is 6.87. The Bertz CT molecular complexity index is 149. The fraction of sp³-hybridized carbons (Fsp3) is 0.714. The van der Waals surface area contributed by atoms with E-state index in [4.69, 9.17) is 5.11 Å². The van der Waals surface area contributed by atoms with E-state index in [2.05, 4.69) is 11.6 Å². The largest absolute Gasteiger partial charge is 0.481 e. The predicted octanol–water partition coefficient (Wildman–Crippen LogP) is 1.02. The molecule has 11 heavy (non-hydrogen) atoms. The molecule has 0 aliphatic rings. The molecule has 3 nitrogen and oxygen atoms in total. The van der Waals surface area contributed by atoms with Gasteiger partial charge in [-0.05, 0) is 6.92 Å². The molecule has 0 heterocycles. The number of nitrogens with one attached hydrogen (secondary N) is 1. The predicted molar refractivity (Wildman–Crippen MR) is 48.3 cm³/mol. The summed E-state index contributed by atoms with van der Waals surface area (Å²) >= 11 is 0. The van der Waals surface area contributed by atoms with Crippen molar-refractivity contribution in [1.82, 2.24) is 5.32 Å². The highest BCUT2D eigenvalue weighted by atomic mass is 31.1. The molecule has 0 amide bonds. The molecule has 0 aliphatic heterocycles. The van der Waals surface area contributed by atoms with Crippen molar-refractivity contribution < 1.29 is 9.90 Å². The molecular weight excluding hydrogens is 161 g/mol. The topological polar surface area (TPSA) is 49.3 Å². The van der Waals surface area contributed by atoms with Crippen LogP contribution in [0, 0.1) is 5.92 Å². The first-order valence-corrected chi connectivity index (χ1v) is 4.74. The summed E-state index contributed by atoms with van der Waals surface area (Å²) < 4.78 is 0. The Labute approximate surface area is 68.6 Å². The Morgan fingerprint density at radius 3 is 2.64 bits per heavy atom. The summed E-state index contributed by atoms with van der Waals surface area (Å²) in [5.74, 6) is -1.09. The molecule has 0 fully saturated rings. The third kappa shape index (κ3) is 4.12. The molecule has 0 spiro atoms. The van der Waals surface area contributed by atoms with Crippen LogP contribution < -0.4 is 5.32 Å². The van der Waals surface area contributed by atoms with Gasteiger partial charge in [-0.1, -0.05) is 21.4 Å². The lowest BCUT2D eigenvalue weighted by molar-refractivity contribution is -0.141. The number of carbonyl (C=O) groups is 1. The van der Waals surface area contributed by atoms with Gasteiger partial charge in [0, 0.05) is 12.3 Å². The monoisotopic (exact) mass is 175 g/mol. The zero-order valence-corrected chi connectivity index (χ0v) is 7.77. The van der Waals surface area contributed by atoms with E-state index in [0.717, 1.165) is 14.5 Å². The van der Waals surface area contributed by atoms with E-state index >= 15 is 0 Å². The SMILES string of the molecule is C=PCNC(C)C(C)C(=O)O. The zero-order chi connectivity index (χ0) is 8.85. The van der Waals surface area contributed by atoms with Gasteiger partial charge < -0.3 is 10.4 Å². The molecule has 0 aromatic carbocycles. The molecule has 4 heteroatoms. The van der Waals surface area contributed by atoms with Crippen molar-refractivity contribution >= 4 is 20.5 Å². The van der Waals surface area contributed by atoms with Crippen molar-refractivity contribution in [3.8, 4) is 0 Å². The minimum atomic E-state index is -0.759. The van der Waals surface area contributed by atoms with Crippen molar-refractivity contribution in [3.05, 3.63) is 0 Å². The molecule has 0 saturated heterocycles. The van der Waals surface area contributed by atoms with Gasteiger partial charge in [0.25, 0.3) is 0 Å². The highest BCUT2D eigenvalue weighted by molar-refractivity contribution is 7.36. The number of carboxylic acid groups (broad SMARTS) is 1. The summed E-state index contributed by atoms with van der Waals surface area (Å²) in [7, 11) is 0.994. The van der Waals surface area contributed by atoms with Crippen molar-refractivity contribution in [1.29, 1.82) is 0 Å². The number of rotatable bonds is 5. The smallest absolute Gasteiger partial charge is 0.307 e. The summed E-state index contributed by atoms with van der Waals surface area (Å²) in [6.07, 6.45) is 4.37. The van der Waals surface area contributed by atoms with E-state index in [1.54, 1.807) is 6.92 Å². The van der Waals surface area contributed by atoms with Crippen LogP contribution in [0.2, 0.25) is 0 Å². The van der Waals surface area contributed by atoms with Crippen LogP contribution >= 0.6 is 8.20 Å². The lowest BCUT2D eigenvalue weighted by Crippen LogP contribution is -2.35. The van der Waals surface area contributed by atoms with Crippen molar-refractivity contribution in [2.45, 2.75) is 19.9 Å². The minimum Gasteiger partial charge on any atom is -0.481 e. The van der Waals surface area contributed by atoms with Crippen molar-refractivity contribution in [3.63, 3.8) is 0 Å². The maximum absolute atomic E-state index is 10.4. The number of hydrogen-bond donors (Lipinski definition) is 2. The normalized spacial score (nSPS) is 16.2. The molecule has 0 aromatic rings. The summed E-state index contributed by atoms with van der Waals surface area (Å²) in [4.78, 5) is 10.4. The van der Waals surface area contributed by atoms with E-state index in [0.29, 0.717) is 0 Å². The van der Waals surface area contributed by atoms with Gasteiger partial charge in [-0.15, -0.1) is 0 Å². The molecular formula is C7H14NO2P. The molecule has 0 rings (SSSR count). The van der Waals surface area contributed by atoms with E-state index in [-0.39, 0.29) is 12.0 Å². The van der Waals surface area contributed by atoms with Gasteiger partial charge in [-0.25, -0.2) is 0 Å². The molecule has 2 atom stereocenters. The van der Waals surface area contributed by atoms with Gasteiger partial charge in [-0.3, -0.25) is 4.79 Å². The van der Waals surface area contributed by atoms with Gasteiger partial charge in [0.05, 0.1) is 5.92 Å². The van der Waals surface area contributed by atoms with Crippen molar-refractivity contribution in [2.75, 3.05) is 6.29 Å². The van der Waals surface area contributed by atoms with Gasteiger partial charge in [0.1, 0.15) is 0 Å². The first-order chi connectivity index (χ1) is 5.09. The maximum atomic E-state index is 10.4. The van der Waals surface area contributed by atoms with E-state index in [1.165, 1.54) is 0 Å². The first-order valence-electron chi connectivity index (χ1n) is 3.48. The second-order valence-corrected chi connectivity index (χ2v) is 3.26. The summed E-state index contributed by atoms with van der Waals surface area (Å²) in [6, 6.07) is 0.0155. The first kappa shape index (κ1) is 10.6. The number of aliphatic carboxylic acids is 1. The molecule has 0 radical (unpaired) electrons. The highest BCUT2D eigenvalue weighted by Gasteiger charge is 2.17. The van der Waals surface area contributed by atoms with Crippen LogP contribution in [-0.4, -0.2) is 29.7 Å². The standard InChI is InChI=1S/C7H14NO2P/c1-5(7(9)10)6(2)8-4-11-3/h5-6,8H,3-4H2,1-2H3,(H,9,10). The number of hydrogen-bond acceptors (Lipinski definition) is 2. The fourth-order valence-corrected chi connectivity index (χ4v) is 1.02. The summed E-state index contributed by atoms with van der Waals surface area (Å²) in [5.41, 5.74) is 0. The molecule has 0 aliphatic carbocycles. The van der Waals surface area contributed by atoms with Crippen LogP contribution in [0.5, 0.6) is 0 Å². The molecule has 64 valence electrons. The van der Waals surface area contributed by atoms with Crippen LogP contribution in [0.25, 0.3) is 0 Å². The Hall–Kier alpha value is -0.400. The minimum absolute atomic E-state index is 0.0155. The summed E-state index contributed by atoms with van der Waals surface area (Å²) in [6.45, 7) is 3.56. The lowest BCUT2D eigenvalue weighted by Gasteiger charge is -2.15. The van der Waals surface area contributed by atoms with Crippen LogP contribution in [-0.2, 0) is 4.79 Å². The average molecular weight is 175 g/mol. The van der Waals surface area contributed by atoms with E-state index in [1.807, 2.05) is 6.92 Å². The Morgan fingerprint density at radius 2 is 2.27 bits per heavy atom. The van der Waals surface area contributed by atoms with E-state index in [9.17, 15) is 4.79 Å². The fourth-order valence-electron chi connectivity index (χ4n) is 0.599. The highest BCUT2D eigenvalue weighted by Crippen LogP contribution is 2.02. The summed E-state index contributed by atoms with van der Waals surface area (Å²) in [5, 5.41) is 11.7. The Kier molecular flexibility index (Phi) is 5.08.